The van der Waals surface area contributed by atoms with Crippen LogP contribution in [0, 0.1) is 5.92 Å². The number of anilines is 2. The first-order valence-electron chi connectivity index (χ1n) is 8.91. The number of carbonyl (C=O) groups excluding carboxylic acids is 2. The molecule has 6 nitrogen and oxygen atoms in total. The number of hydrogen-bond acceptors (Lipinski definition) is 5. The van der Waals surface area contributed by atoms with Crippen LogP contribution in [0.2, 0.25) is 0 Å². The highest BCUT2D eigenvalue weighted by Gasteiger charge is 2.35. The Bertz CT molecular complexity index is 760. The molecule has 0 bridgehead atoms. The van der Waals surface area contributed by atoms with Crippen molar-refractivity contribution >= 4 is 34.0 Å². The lowest BCUT2D eigenvalue weighted by Crippen LogP contribution is -2.46. The average molecular weight is 372 g/mol. The minimum absolute atomic E-state index is 0.0672. The second kappa shape index (κ2) is 8.31. The Morgan fingerprint density at radius 3 is 2.81 bits per heavy atom. The Hall–Kier alpha value is -2.41. The van der Waals surface area contributed by atoms with Crippen LogP contribution in [0.3, 0.4) is 0 Å². The van der Waals surface area contributed by atoms with E-state index in [2.05, 4.69) is 15.6 Å². The van der Waals surface area contributed by atoms with E-state index in [1.54, 1.807) is 10.3 Å². The van der Waals surface area contributed by atoms with Crippen LogP contribution in [0.5, 0.6) is 0 Å². The molecular formula is C19H24N4O2S. The Labute approximate surface area is 157 Å². The molecule has 1 aliphatic heterocycles. The van der Waals surface area contributed by atoms with Crippen LogP contribution in [0.1, 0.15) is 37.2 Å². The summed E-state index contributed by atoms with van der Waals surface area (Å²) in [7, 11) is 0. The molecule has 0 radical (unpaired) electrons. The molecule has 1 aromatic carbocycles. The quantitative estimate of drug-likeness (QED) is 0.816. The molecule has 2 heterocycles. The number of likely N-dealkylation sites (tertiary alicyclic amines) is 1. The number of hydrogen-bond donors (Lipinski definition) is 2. The molecule has 1 saturated heterocycles. The van der Waals surface area contributed by atoms with Crippen molar-refractivity contribution < 1.29 is 9.59 Å². The first-order valence-corrected chi connectivity index (χ1v) is 9.79. The van der Waals surface area contributed by atoms with Gasteiger partial charge in [0.1, 0.15) is 11.7 Å². The molecule has 2 amide bonds. The summed E-state index contributed by atoms with van der Waals surface area (Å²) in [6.07, 6.45) is 1.54. The Kier molecular flexibility index (Phi) is 5.88. The Balaban J connectivity index is 1.65. The molecule has 2 N–H and O–H groups in total. The van der Waals surface area contributed by atoms with Gasteiger partial charge in [0, 0.05) is 24.2 Å². The van der Waals surface area contributed by atoms with Gasteiger partial charge in [0.05, 0.1) is 0 Å². The van der Waals surface area contributed by atoms with Crippen molar-refractivity contribution in [2.75, 3.05) is 18.4 Å². The predicted octanol–water partition coefficient (Wildman–Crippen LogP) is 3.26. The summed E-state index contributed by atoms with van der Waals surface area (Å²) in [6.45, 7) is 5.32. The lowest BCUT2D eigenvalue weighted by Gasteiger charge is -2.23. The second-order valence-electron chi connectivity index (χ2n) is 6.82. The van der Waals surface area contributed by atoms with E-state index < -0.39 is 6.04 Å². The summed E-state index contributed by atoms with van der Waals surface area (Å²) in [6, 6.07) is 9.31. The maximum atomic E-state index is 12.8. The van der Waals surface area contributed by atoms with Gasteiger partial charge in [-0.15, -0.1) is 11.3 Å². The number of thiazole rings is 1. The van der Waals surface area contributed by atoms with Crippen LogP contribution in [0.25, 0.3) is 0 Å². The van der Waals surface area contributed by atoms with E-state index in [9.17, 15) is 9.59 Å². The van der Waals surface area contributed by atoms with Crippen molar-refractivity contribution in [2.24, 2.45) is 5.92 Å². The van der Waals surface area contributed by atoms with E-state index in [0.29, 0.717) is 36.3 Å². The van der Waals surface area contributed by atoms with Crippen LogP contribution in [-0.2, 0) is 4.79 Å². The zero-order chi connectivity index (χ0) is 18.5. The lowest BCUT2D eigenvalue weighted by molar-refractivity contribution is -0.125. The SMILES string of the molecule is CC(C)CNC(=O)C1CCCN1C(=O)c1csc(Nc2ccccc2)n1. The normalized spacial score (nSPS) is 16.7. The molecule has 0 spiro atoms. The first kappa shape index (κ1) is 18.4. The molecule has 0 saturated carbocycles. The molecule has 138 valence electrons. The minimum Gasteiger partial charge on any atom is -0.354 e. The van der Waals surface area contributed by atoms with Crippen molar-refractivity contribution in [1.29, 1.82) is 0 Å². The highest BCUT2D eigenvalue weighted by molar-refractivity contribution is 7.14. The standard InChI is InChI=1S/C19H24N4O2S/c1-13(2)11-20-17(24)16-9-6-10-23(16)18(25)15-12-26-19(22-15)21-14-7-4-3-5-8-14/h3-5,7-8,12-13,16H,6,9-11H2,1-2H3,(H,20,24)(H,21,22). The highest BCUT2D eigenvalue weighted by Crippen LogP contribution is 2.24. The fourth-order valence-corrected chi connectivity index (χ4v) is 3.63. The maximum absolute atomic E-state index is 12.8. The summed E-state index contributed by atoms with van der Waals surface area (Å²) in [5.41, 5.74) is 1.31. The van der Waals surface area contributed by atoms with Crippen molar-refractivity contribution in [3.63, 3.8) is 0 Å². The van der Waals surface area contributed by atoms with E-state index in [4.69, 9.17) is 0 Å². The summed E-state index contributed by atoms with van der Waals surface area (Å²) >= 11 is 1.39. The zero-order valence-electron chi connectivity index (χ0n) is 15.1. The molecule has 26 heavy (non-hydrogen) atoms. The smallest absolute Gasteiger partial charge is 0.274 e. The van der Waals surface area contributed by atoms with E-state index in [1.807, 2.05) is 44.2 Å². The van der Waals surface area contributed by atoms with Gasteiger partial charge in [-0.05, 0) is 30.9 Å². The molecule has 1 atom stereocenters. The molecular weight excluding hydrogens is 348 g/mol. The number of amides is 2. The fourth-order valence-electron chi connectivity index (χ4n) is 2.93. The lowest BCUT2D eigenvalue weighted by atomic mass is 10.1. The number of para-hydroxylation sites is 1. The van der Waals surface area contributed by atoms with Crippen LogP contribution < -0.4 is 10.6 Å². The molecule has 0 aliphatic carbocycles. The number of benzene rings is 1. The van der Waals surface area contributed by atoms with Gasteiger partial charge in [-0.25, -0.2) is 4.98 Å². The van der Waals surface area contributed by atoms with E-state index in [-0.39, 0.29) is 11.8 Å². The van der Waals surface area contributed by atoms with Gasteiger partial charge in [-0.1, -0.05) is 32.0 Å². The number of nitrogens with zero attached hydrogens (tertiary/aromatic N) is 2. The van der Waals surface area contributed by atoms with Crippen LogP contribution in [-0.4, -0.2) is 40.8 Å². The van der Waals surface area contributed by atoms with Crippen molar-refractivity contribution in [3.05, 3.63) is 41.4 Å². The summed E-state index contributed by atoms with van der Waals surface area (Å²) in [4.78, 5) is 31.3. The zero-order valence-corrected chi connectivity index (χ0v) is 15.9. The van der Waals surface area contributed by atoms with Gasteiger partial charge in [-0.2, -0.15) is 0 Å². The van der Waals surface area contributed by atoms with Gasteiger partial charge in [0.2, 0.25) is 5.91 Å². The third kappa shape index (κ3) is 4.40. The van der Waals surface area contributed by atoms with Gasteiger partial charge in [-0.3, -0.25) is 9.59 Å². The Morgan fingerprint density at radius 2 is 2.08 bits per heavy atom. The first-order chi connectivity index (χ1) is 12.5. The number of aromatic nitrogens is 1. The van der Waals surface area contributed by atoms with Gasteiger partial charge in [0.15, 0.2) is 5.13 Å². The third-order valence-electron chi connectivity index (χ3n) is 4.25. The van der Waals surface area contributed by atoms with Crippen LogP contribution >= 0.6 is 11.3 Å². The largest absolute Gasteiger partial charge is 0.354 e. The van der Waals surface area contributed by atoms with E-state index in [1.165, 1.54) is 11.3 Å². The topological polar surface area (TPSA) is 74.3 Å². The van der Waals surface area contributed by atoms with Gasteiger partial charge in [0.25, 0.3) is 5.91 Å². The summed E-state index contributed by atoms with van der Waals surface area (Å²) in [5.74, 6) is 0.140. The van der Waals surface area contributed by atoms with Crippen molar-refractivity contribution in [2.45, 2.75) is 32.7 Å². The molecule has 1 fully saturated rings. The number of nitrogens with one attached hydrogen (secondary N) is 2. The number of rotatable bonds is 6. The van der Waals surface area contributed by atoms with E-state index >= 15 is 0 Å². The van der Waals surface area contributed by atoms with E-state index in [0.717, 1.165) is 12.1 Å². The molecule has 1 aromatic heterocycles. The van der Waals surface area contributed by atoms with Crippen LogP contribution in [0.15, 0.2) is 35.7 Å². The monoisotopic (exact) mass is 372 g/mol. The third-order valence-corrected chi connectivity index (χ3v) is 5.01. The highest BCUT2D eigenvalue weighted by atomic mass is 32.1. The molecule has 1 aliphatic rings. The Morgan fingerprint density at radius 1 is 1.31 bits per heavy atom. The summed E-state index contributed by atoms with van der Waals surface area (Å²) < 4.78 is 0. The minimum atomic E-state index is -0.395. The molecule has 1 unspecified atom stereocenters. The number of carbonyl (C=O) groups is 2. The maximum Gasteiger partial charge on any atom is 0.274 e. The van der Waals surface area contributed by atoms with Crippen molar-refractivity contribution in [3.8, 4) is 0 Å². The fraction of sp³-hybridized carbons (Fsp3) is 0.421. The van der Waals surface area contributed by atoms with Crippen LogP contribution in [0.4, 0.5) is 10.8 Å². The second-order valence-corrected chi connectivity index (χ2v) is 7.68. The van der Waals surface area contributed by atoms with Crippen molar-refractivity contribution in [1.82, 2.24) is 15.2 Å². The summed E-state index contributed by atoms with van der Waals surface area (Å²) in [5, 5.41) is 8.54. The molecule has 7 heteroatoms. The molecule has 2 aromatic rings. The van der Waals surface area contributed by atoms with Gasteiger partial charge >= 0.3 is 0 Å². The average Bonchev–Trinajstić information content (AvgIpc) is 3.29. The predicted molar refractivity (Wildman–Crippen MR) is 104 cm³/mol. The molecule has 3 rings (SSSR count). The van der Waals surface area contributed by atoms with Gasteiger partial charge < -0.3 is 15.5 Å².